The molecule has 0 aromatic heterocycles. The molecule has 0 bridgehead atoms. The van der Waals surface area contributed by atoms with E-state index >= 15 is 0 Å². The highest BCUT2D eigenvalue weighted by atomic mass is 79.9. The van der Waals surface area contributed by atoms with Gasteiger partial charge in [0, 0.05) is 22.0 Å². The Balaban J connectivity index is 2.33. The maximum atomic E-state index is 13.9. The first-order valence-electron chi connectivity index (χ1n) is 5.57. The van der Waals surface area contributed by atoms with Gasteiger partial charge in [0.1, 0.15) is 11.6 Å². The highest BCUT2D eigenvalue weighted by Gasteiger charge is 2.33. The summed E-state index contributed by atoms with van der Waals surface area (Å²) in [5.74, 6) is 0.518. The van der Waals surface area contributed by atoms with Crippen LogP contribution in [0.4, 0.5) is 8.78 Å². The van der Waals surface area contributed by atoms with Crippen molar-refractivity contribution in [3.63, 3.8) is 0 Å². The molecule has 1 nitrogen and oxygen atoms in total. The lowest BCUT2D eigenvalue weighted by atomic mass is 10.0. The minimum absolute atomic E-state index is 0.177. The van der Waals surface area contributed by atoms with E-state index in [1.807, 2.05) is 6.92 Å². The number of aliphatic hydroxyl groups excluding tert-OH is 1. The van der Waals surface area contributed by atoms with E-state index in [9.17, 15) is 13.9 Å². The molecule has 0 aliphatic carbocycles. The molecule has 100 valence electrons. The molecule has 0 spiro atoms. The first-order chi connectivity index (χ1) is 8.52. The molecule has 1 aromatic carbocycles. The number of hydrogen-bond donors (Lipinski definition) is 1. The fraction of sp³-hybridized carbons (Fsp3) is 0.500. The van der Waals surface area contributed by atoms with E-state index in [-0.39, 0.29) is 20.5 Å². The van der Waals surface area contributed by atoms with Crippen molar-refractivity contribution < 1.29 is 13.9 Å². The standard InChI is InChI=1S/C12H13BrF2OS2/c1-6-12(18-5-4-17-6)11(16)9-8(14)3-2-7(13)10(9)15/h2-3,6,11-12,16H,4-5H2,1H3. The van der Waals surface area contributed by atoms with Gasteiger partial charge >= 0.3 is 0 Å². The number of benzene rings is 1. The Labute approximate surface area is 122 Å². The van der Waals surface area contributed by atoms with E-state index in [2.05, 4.69) is 15.9 Å². The van der Waals surface area contributed by atoms with E-state index in [0.29, 0.717) is 0 Å². The second kappa shape index (κ2) is 6.11. The molecule has 3 atom stereocenters. The molecule has 0 saturated carbocycles. The van der Waals surface area contributed by atoms with E-state index in [1.54, 1.807) is 23.5 Å². The smallest absolute Gasteiger partial charge is 0.146 e. The van der Waals surface area contributed by atoms with Crippen molar-refractivity contribution in [3.05, 3.63) is 33.8 Å². The van der Waals surface area contributed by atoms with Crippen molar-refractivity contribution in [1.82, 2.24) is 0 Å². The summed E-state index contributed by atoms with van der Waals surface area (Å²) >= 11 is 6.33. The van der Waals surface area contributed by atoms with Gasteiger partial charge in [-0.15, -0.1) is 0 Å². The fourth-order valence-electron chi connectivity index (χ4n) is 1.97. The van der Waals surface area contributed by atoms with Gasteiger partial charge in [-0.1, -0.05) is 6.92 Å². The normalized spacial score (nSPS) is 26.1. The van der Waals surface area contributed by atoms with E-state index in [0.717, 1.165) is 11.5 Å². The highest BCUT2D eigenvalue weighted by molar-refractivity contribution is 9.10. The maximum absolute atomic E-state index is 13.9. The zero-order chi connectivity index (χ0) is 13.3. The number of hydrogen-bond acceptors (Lipinski definition) is 3. The monoisotopic (exact) mass is 354 g/mol. The molecule has 6 heteroatoms. The summed E-state index contributed by atoms with van der Waals surface area (Å²) in [5.41, 5.74) is -0.226. The van der Waals surface area contributed by atoms with Gasteiger partial charge in [-0.05, 0) is 28.1 Å². The molecule has 1 saturated heterocycles. The molecule has 18 heavy (non-hydrogen) atoms. The summed E-state index contributed by atoms with van der Waals surface area (Å²) in [7, 11) is 0. The van der Waals surface area contributed by atoms with Crippen LogP contribution in [0.25, 0.3) is 0 Å². The molecule has 1 aromatic rings. The molecule has 2 rings (SSSR count). The lowest BCUT2D eigenvalue weighted by Gasteiger charge is -2.32. The Kier molecular flexibility index (Phi) is 4.97. The second-order valence-electron chi connectivity index (χ2n) is 4.11. The Morgan fingerprint density at radius 1 is 1.33 bits per heavy atom. The van der Waals surface area contributed by atoms with Crippen LogP contribution in [-0.2, 0) is 0 Å². The maximum Gasteiger partial charge on any atom is 0.146 e. The van der Waals surface area contributed by atoms with Crippen LogP contribution in [0.5, 0.6) is 0 Å². The van der Waals surface area contributed by atoms with Crippen LogP contribution < -0.4 is 0 Å². The van der Waals surface area contributed by atoms with Crippen LogP contribution in [0.2, 0.25) is 0 Å². The first kappa shape index (κ1) is 14.6. The average molecular weight is 355 g/mol. The molecular formula is C12H13BrF2OS2. The predicted octanol–water partition coefficient (Wildman–Crippen LogP) is 4.00. The number of aliphatic hydroxyl groups is 1. The Morgan fingerprint density at radius 3 is 2.67 bits per heavy atom. The topological polar surface area (TPSA) is 20.2 Å². The van der Waals surface area contributed by atoms with Gasteiger partial charge in [0.25, 0.3) is 0 Å². The molecule has 1 aliphatic rings. The van der Waals surface area contributed by atoms with Gasteiger partial charge in [0.2, 0.25) is 0 Å². The Bertz CT molecular complexity index is 444. The molecule has 0 amide bonds. The summed E-state index contributed by atoms with van der Waals surface area (Å²) in [6.07, 6.45) is -1.12. The van der Waals surface area contributed by atoms with Gasteiger partial charge in [-0.2, -0.15) is 23.5 Å². The van der Waals surface area contributed by atoms with Crippen molar-refractivity contribution in [2.45, 2.75) is 23.5 Å². The summed E-state index contributed by atoms with van der Waals surface area (Å²) in [5, 5.41) is 10.3. The molecule has 1 N–H and O–H groups in total. The fourth-order valence-corrected chi connectivity index (χ4v) is 5.13. The number of rotatable bonds is 2. The van der Waals surface area contributed by atoms with Crippen LogP contribution in [-0.4, -0.2) is 27.1 Å². The average Bonchev–Trinajstić information content (AvgIpc) is 2.35. The Morgan fingerprint density at radius 2 is 2.00 bits per heavy atom. The summed E-state index contributed by atoms with van der Waals surface area (Å²) in [4.78, 5) is 0. The molecular weight excluding hydrogens is 342 g/mol. The van der Waals surface area contributed by atoms with Crippen LogP contribution in [0.3, 0.4) is 0 Å². The van der Waals surface area contributed by atoms with Crippen molar-refractivity contribution in [2.24, 2.45) is 0 Å². The summed E-state index contributed by atoms with van der Waals surface area (Å²) < 4.78 is 27.8. The largest absolute Gasteiger partial charge is 0.387 e. The minimum atomic E-state index is -1.12. The van der Waals surface area contributed by atoms with Gasteiger partial charge in [0.05, 0.1) is 16.1 Å². The van der Waals surface area contributed by atoms with Crippen LogP contribution in [0.1, 0.15) is 18.6 Å². The van der Waals surface area contributed by atoms with E-state index in [1.165, 1.54) is 12.1 Å². The lowest BCUT2D eigenvalue weighted by Crippen LogP contribution is -2.30. The predicted molar refractivity (Wildman–Crippen MR) is 77.2 cm³/mol. The van der Waals surface area contributed by atoms with Gasteiger partial charge < -0.3 is 5.11 Å². The molecule has 0 radical (unpaired) electrons. The van der Waals surface area contributed by atoms with E-state index < -0.39 is 17.7 Å². The van der Waals surface area contributed by atoms with Crippen molar-refractivity contribution >= 4 is 39.5 Å². The molecule has 3 unspecified atom stereocenters. The third-order valence-electron chi connectivity index (χ3n) is 2.92. The van der Waals surface area contributed by atoms with Crippen LogP contribution in [0.15, 0.2) is 16.6 Å². The van der Waals surface area contributed by atoms with Crippen molar-refractivity contribution in [3.8, 4) is 0 Å². The van der Waals surface area contributed by atoms with Crippen molar-refractivity contribution in [1.29, 1.82) is 0 Å². The molecule has 1 heterocycles. The lowest BCUT2D eigenvalue weighted by molar-refractivity contribution is 0.164. The van der Waals surface area contributed by atoms with Crippen LogP contribution >= 0.6 is 39.5 Å². The number of thioether (sulfide) groups is 2. The van der Waals surface area contributed by atoms with Crippen LogP contribution in [0, 0.1) is 11.6 Å². The van der Waals surface area contributed by atoms with Crippen molar-refractivity contribution in [2.75, 3.05) is 11.5 Å². The highest BCUT2D eigenvalue weighted by Crippen LogP contribution is 2.40. The molecule has 1 fully saturated rings. The zero-order valence-electron chi connectivity index (χ0n) is 9.70. The second-order valence-corrected chi connectivity index (χ2v) is 7.74. The van der Waals surface area contributed by atoms with Gasteiger partial charge in [0.15, 0.2) is 0 Å². The third kappa shape index (κ3) is 2.86. The number of halogens is 3. The van der Waals surface area contributed by atoms with E-state index in [4.69, 9.17) is 0 Å². The van der Waals surface area contributed by atoms with Gasteiger partial charge in [-0.3, -0.25) is 0 Å². The quantitative estimate of drug-likeness (QED) is 0.810. The SMILES string of the molecule is CC1SCCSC1C(O)c1c(F)ccc(Br)c1F. The summed E-state index contributed by atoms with van der Waals surface area (Å²) in [6.45, 7) is 1.98. The zero-order valence-corrected chi connectivity index (χ0v) is 12.9. The first-order valence-corrected chi connectivity index (χ1v) is 8.46. The minimum Gasteiger partial charge on any atom is -0.387 e. The third-order valence-corrected chi connectivity index (χ3v) is 6.72. The summed E-state index contributed by atoms with van der Waals surface area (Å²) in [6, 6.07) is 2.49. The van der Waals surface area contributed by atoms with Gasteiger partial charge in [-0.25, -0.2) is 8.78 Å². The Hall–Kier alpha value is 0.220. The molecule has 1 aliphatic heterocycles.